The maximum atomic E-state index is 8.56. The van der Waals surface area contributed by atoms with Gasteiger partial charge in [0.2, 0.25) is 0 Å². The third-order valence-corrected chi connectivity index (χ3v) is 1.81. The van der Waals surface area contributed by atoms with Crippen LogP contribution in [0.3, 0.4) is 0 Å². The summed E-state index contributed by atoms with van der Waals surface area (Å²) in [7, 11) is 0. The smallest absolute Gasteiger partial charge is 0.119 e. The first-order valence-electron chi connectivity index (χ1n) is 4.56. The molecule has 0 radical (unpaired) electrons. The number of rotatable bonds is 4. The Bertz CT molecular complexity index is 346. The van der Waals surface area contributed by atoms with Gasteiger partial charge in [-0.2, -0.15) is 5.26 Å². The molecule has 0 amide bonds. The Morgan fingerprint density at radius 1 is 1.43 bits per heavy atom. The zero-order valence-electron chi connectivity index (χ0n) is 8.29. The number of nitriles is 1. The first kappa shape index (κ1) is 10.3. The molecule has 1 rings (SSSR count). The van der Waals surface area contributed by atoms with Crippen LogP contribution in [0.5, 0.6) is 5.75 Å². The van der Waals surface area contributed by atoms with E-state index in [0.717, 1.165) is 11.3 Å². The fraction of sp³-hybridized carbons (Fsp3) is 0.250. The second kappa shape index (κ2) is 5.08. The van der Waals surface area contributed by atoms with E-state index < -0.39 is 0 Å². The highest BCUT2D eigenvalue weighted by molar-refractivity contribution is 5.32. The Labute approximate surface area is 84.4 Å². The average molecular weight is 187 g/mol. The first-order chi connectivity index (χ1) is 6.76. The third-order valence-electron chi connectivity index (χ3n) is 1.81. The molecule has 2 nitrogen and oxygen atoms in total. The highest BCUT2D eigenvalue weighted by Gasteiger charge is 1.97. The molecule has 0 saturated carbocycles. The van der Waals surface area contributed by atoms with Gasteiger partial charge < -0.3 is 4.74 Å². The topological polar surface area (TPSA) is 33.0 Å². The van der Waals surface area contributed by atoms with Crippen LogP contribution in [-0.2, 0) is 6.42 Å². The maximum absolute atomic E-state index is 8.56. The molecule has 14 heavy (non-hydrogen) atoms. The molecule has 0 aliphatic heterocycles. The molecule has 0 spiro atoms. The van der Waals surface area contributed by atoms with Gasteiger partial charge in [-0.1, -0.05) is 18.7 Å². The number of hydrogen-bond acceptors (Lipinski definition) is 2. The van der Waals surface area contributed by atoms with Crippen molar-refractivity contribution in [2.45, 2.75) is 13.3 Å². The summed E-state index contributed by atoms with van der Waals surface area (Å²) < 4.78 is 5.30. The minimum Gasteiger partial charge on any atom is -0.494 e. The molecule has 72 valence electrons. The van der Waals surface area contributed by atoms with Crippen molar-refractivity contribution in [3.8, 4) is 11.8 Å². The Kier molecular flexibility index (Phi) is 3.75. The monoisotopic (exact) mass is 187 g/mol. The maximum Gasteiger partial charge on any atom is 0.119 e. The normalized spacial score (nSPS) is 9.14. The lowest BCUT2D eigenvalue weighted by molar-refractivity contribution is 0.340. The van der Waals surface area contributed by atoms with Crippen LogP contribution in [-0.4, -0.2) is 6.61 Å². The van der Waals surface area contributed by atoms with Gasteiger partial charge in [0.15, 0.2) is 0 Å². The summed E-state index contributed by atoms with van der Waals surface area (Å²) in [6.45, 7) is 6.26. The summed E-state index contributed by atoms with van der Waals surface area (Å²) in [5.74, 6) is 0.860. The van der Waals surface area contributed by atoms with Crippen LogP contribution in [0, 0.1) is 11.3 Å². The quantitative estimate of drug-likeness (QED) is 0.679. The summed E-state index contributed by atoms with van der Waals surface area (Å²) in [6, 6.07) is 9.74. The van der Waals surface area contributed by atoms with Crippen LogP contribution >= 0.6 is 0 Å². The molecule has 1 aromatic rings. The van der Waals surface area contributed by atoms with Crippen molar-refractivity contribution >= 4 is 0 Å². The van der Waals surface area contributed by atoms with E-state index in [-0.39, 0.29) is 0 Å². The van der Waals surface area contributed by atoms with Crippen molar-refractivity contribution < 1.29 is 4.74 Å². The predicted molar refractivity (Wildman–Crippen MR) is 56.1 cm³/mol. The largest absolute Gasteiger partial charge is 0.494 e. The fourth-order valence-corrected chi connectivity index (χ4v) is 1.16. The van der Waals surface area contributed by atoms with E-state index in [1.165, 1.54) is 0 Å². The molecule has 0 unspecified atom stereocenters. The lowest BCUT2D eigenvalue weighted by Crippen LogP contribution is -1.92. The van der Waals surface area contributed by atoms with E-state index in [4.69, 9.17) is 10.00 Å². The molecule has 2 heteroatoms. The van der Waals surface area contributed by atoms with Crippen LogP contribution < -0.4 is 4.74 Å². The predicted octanol–water partition coefficient (Wildman–Crippen LogP) is 2.71. The second-order valence-electron chi connectivity index (χ2n) is 2.97. The van der Waals surface area contributed by atoms with Crippen LogP contribution in [0.1, 0.15) is 12.5 Å². The van der Waals surface area contributed by atoms with Gasteiger partial charge in [0.05, 0.1) is 12.7 Å². The molecule has 0 N–H and O–H groups in total. The Hall–Kier alpha value is -1.75. The summed E-state index contributed by atoms with van der Waals surface area (Å²) in [5, 5.41) is 8.56. The molecule has 0 aliphatic carbocycles. The SMILES string of the molecule is C=C(C#N)Cc1ccc(OCC)cc1. The van der Waals surface area contributed by atoms with Gasteiger partial charge in [-0.05, 0) is 24.6 Å². The number of benzene rings is 1. The molecule has 0 aromatic heterocycles. The van der Waals surface area contributed by atoms with Gasteiger partial charge in [-0.3, -0.25) is 0 Å². The minimum absolute atomic E-state index is 0.578. The average Bonchev–Trinajstić information content (AvgIpc) is 2.21. The third kappa shape index (κ3) is 2.95. The lowest BCUT2D eigenvalue weighted by Gasteiger charge is -2.03. The Morgan fingerprint density at radius 2 is 2.07 bits per heavy atom. The van der Waals surface area contributed by atoms with Gasteiger partial charge in [0.1, 0.15) is 5.75 Å². The van der Waals surface area contributed by atoms with Gasteiger partial charge in [-0.15, -0.1) is 0 Å². The number of hydrogen-bond donors (Lipinski definition) is 0. The molecule has 0 fully saturated rings. The first-order valence-corrected chi connectivity index (χ1v) is 4.56. The molecule has 0 atom stereocenters. The summed E-state index contributed by atoms with van der Waals surface area (Å²) in [5.41, 5.74) is 1.66. The lowest BCUT2D eigenvalue weighted by atomic mass is 10.1. The fourth-order valence-electron chi connectivity index (χ4n) is 1.16. The highest BCUT2D eigenvalue weighted by atomic mass is 16.5. The van der Waals surface area contributed by atoms with Gasteiger partial charge in [0, 0.05) is 12.0 Å². The zero-order valence-corrected chi connectivity index (χ0v) is 8.29. The van der Waals surface area contributed by atoms with Gasteiger partial charge in [-0.25, -0.2) is 0 Å². The summed E-state index contributed by atoms with van der Waals surface area (Å²) in [6.07, 6.45) is 0.614. The number of allylic oxidation sites excluding steroid dienone is 1. The van der Waals surface area contributed by atoms with Gasteiger partial charge in [0.25, 0.3) is 0 Å². The van der Waals surface area contributed by atoms with Gasteiger partial charge >= 0.3 is 0 Å². The minimum atomic E-state index is 0.578. The van der Waals surface area contributed by atoms with Crippen LogP contribution in [0.25, 0.3) is 0 Å². The van der Waals surface area contributed by atoms with Crippen molar-refractivity contribution in [3.05, 3.63) is 42.0 Å². The van der Waals surface area contributed by atoms with Crippen molar-refractivity contribution in [2.75, 3.05) is 6.61 Å². The van der Waals surface area contributed by atoms with Crippen LogP contribution in [0.2, 0.25) is 0 Å². The Morgan fingerprint density at radius 3 is 2.57 bits per heavy atom. The zero-order chi connectivity index (χ0) is 10.4. The van der Waals surface area contributed by atoms with E-state index in [2.05, 4.69) is 6.58 Å². The van der Waals surface area contributed by atoms with E-state index in [9.17, 15) is 0 Å². The molecule has 0 bridgehead atoms. The van der Waals surface area contributed by atoms with Crippen molar-refractivity contribution in [1.82, 2.24) is 0 Å². The van der Waals surface area contributed by atoms with E-state index in [1.54, 1.807) is 0 Å². The van der Waals surface area contributed by atoms with E-state index >= 15 is 0 Å². The number of ether oxygens (including phenoxy) is 1. The molecular formula is C12H13NO. The molecular weight excluding hydrogens is 174 g/mol. The summed E-state index contributed by atoms with van der Waals surface area (Å²) >= 11 is 0. The molecule has 0 saturated heterocycles. The number of nitrogens with zero attached hydrogens (tertiary/aromatic N) is 1. The Balaban J connectivity index is 2.65. The van der Waals surface area contributed by atoms with Crippen LogP contribution in [0.15, 0.2) is 36.4 Å². The standard InChI is InChI=1S/C12H13NO/c1-3-14-12-6-4-11(5-7-12)8-10(2)9-13/h4-7H,2-3,8H2,1H3. The van der Waals surface area contributed by atoms with Crippen molar-refractivity contribution in [2.24, 2.45) is 0 Å². The van der Waals surface area contributed by atoms with E-state index in [1.807, 2.05) is 37.3 Å². The van der Waals surface area contributed by atoms with Crippen LogP contribution in [0.4, 0.5) is 0 Å². The summed E-state index contributed by atoms with van der Waals surface area (Å²) in [4.78, 5) is 0. The van der Waals surface area contributed by atoms with Crippen molar-refractivity contribution in [1.29, 1.82) is 5.26 Å². The molecule has 1 aromatic carbocycles. The highest BCUT2D eigenvalue weighted by Crippen LogP contribution is 2.13. The molecule has 0 aliphatic rings. The van der Waals surface area contributed by atoms with E-state index in [0.29, 0.717) is 18.6 Å². The molecule has 0 heterocycles. The second-order valence-corrected chi connectivity index (χ2v) is 2.97. The van der Waals surface area contributed by atoms with Crippen molar-refractivity contribution in [3.63, 3.8) is 0 Å².